The van der Waals surface area contributed by atoms with E-state index in [9.17, 15) is 26.3 Å². The Kier molecular flexibility index (Phi) is 3.65. The predicted molar refractivity (Wildman–Crippen MR) is 62.2 cm³/mol. The highest BCUT2D eigenvalue weighted by molar-refractivity contribution is 5.61. The minimum absolute atomic E-state index is 0.0888. The summed E-state index contributed by atoms with van der Waals surface area (Å²) in [5, 5.41) is 0. The van der Waals surface area contributed by atoms with Gasteiger partial charge in [-0.2, -0.15) is 26.3 Å². The first-order valence-corrected chi connectivity index (χ1v) is 5.66. The molecule has 112 valence electrons. The number of alkyl halides is 6. The van der Waals surface area contributed by atoms with Gasteiger partial charge in [0.1, 0.15) is 12.0 Å². The van der Waals surface area contributed by atoms with E-state index in [2.05, 4.69) is 9.97 Å². The number of benzene rings is 1. The summed E-state index contributed by atoms with van der Waals surface area (Å²) in [6.45, 7) is 1.23. The topological polar surface area (TPSA) is 25.8 Å². The average Bonchev–Trinajstić information content (AvgIpc) is 2.36. The molecule has 0 amide bonds. The van der Waals surface area contributed by atoms with Crippen LogP contribution in [0.25, 0.3) is 11.3 Å². The Hall–Kier alpha value is -2.12. The highest BCUT2D eigenvalue weighted by atomic mass is 19.4. The number of halogens is 6. The molecule has 0 bridgehead atoms. The molecule has 0 N–H and O–H groups in total. The van der Waals surface area contributed by atoms with Crippen molar-refractivity contribution < 1.29 is 26.3 Å². The summed E-state index contributed by atoms with van der Waals surface area (Å²) in [5.74, 6) is 0. The van der Waals surface area contributed by atoms with Gasteiger partial charge in [0.05, 0.1) is 11.3 Å². The molecule has 0 saturated heterocycles. The van der Waals surface area contributed by atoms with Crippen LogP contribution in [0.4, 0.5) is 26.3 Å². The summed E-state index contributed by atoms with van der Waals surface area (Å²) in [6, 6.07) is 3.74. The molecule has 2 aromatic rings. The molecule has 0 aliphatic heterocycles. The van der Waals surface area contributed by atoms with E-state index >= 15 is 0 Å². The van der Waals surface area contributed by atoms with Crippen molar-refractivity contribution in [3.8, 4) is 11.3 Å². The van der Waals surface area contributed by atoms with Gasteiger partial charge in [-0.05, 0) is 30.7 Å². The Balaban J connectivity index is 2.47. The second-order valence-corrected chi connectivity index (χ2v) is 4.31. The SMILES string of the molecule is Cc1cc(-c2cc(C(F)(F)F)ncn2)ccc1C(F)(F)F. The van der Waals surface area contributed by atoms with E-state index in [1.807, 2.05) is 0 Å². The van der Waals surface area contributed by atoms with Gasteiger partial charge in [-0.1, -0.05) is 6.07 Å². The van der Waals surface area contributed by atoms with Gasteiger partial charge in [0.25, 0.3) is 0 Å². The normalized spacial score (nSPS) is 12.5. The lowest BCUT2D eigenvalue weighted by molar-refractivity contribution is -0.141. The first-order chi connectivity index (χ1) is 9.59. The molecule has 1 heterocycles. The van der Waals surface area contributed by atoms with Crippen molar-refractivity contribution in [2.24, 2.45) is 0 Å². The number of aryl methyl sites for hydroxylation is 1. The third-order valence-electron chi connectivity index (χ3n) is 2.79. The second kappa shape index (κ2) is 5.01. The quantitative estimate of drug-likeness (QED) is 0.725. The first kappa shape index (κ1) is 15.3. The summed E-state index contributed by atoms with van der Waals surface area (Å²) >= 11 is 0. The molecule has 8 heteroatoms. The van der Waals surface area contributed by atoms with Crippen LogP contribution >= 0.6 is 0 Å². The highest BCUT2D eigenvalue weighted by Crippen LogP contribution is 2.34. The number of hydrogen-bond donors (Lipinski definition) is 0. The average molecular weight is 306 g/mol. The molecule has 0 unspecified atom stereocenters. The Bertz CT molecular complexity index is 660. The molecular formula is C13H8F6N2. The summed E-state index contributed by atoms with van der Waals surface area (Å²) in [4.78, 5) is 6.76. The standard InChI is InChI=1S/C13H8F6N2/c1-7-4-8(2-3-9(7)12(14,15)16)10-5-11(13(17,18)19)21-6-20-10/h2-6H,1H3. The zero-order valence-corrected chi connectivity index (χ0v) is 10.5. The van der Waals surface area contributed by atoms with Crippen molar-refractivity contribution in [1.29, 1.82) is 0 Å². The van der Waals surface area contributed by atoms with Gasteiger partial charge in [-0.15, -0.1) is 0 Å². The van der Waals surface area contributed by atoms with E-state index in [1.54, 1.807) is 0 Å². The van der Waals surface area contributed by atoms with Crippen molar-refractivity contribution in [3.05, 3.63) is 47.4 Å². The van der Waals surface area contributed by atoms with Gasteiger partial charge >= 0.3 is 12.4 Å². The zero-order chi connectivity index (χ0) is 15.8. The molecule has 21 heavy (non-hydrogen) atoms. The first-order valence-electron chi connectivity index (χ1n) is 5.66. The maximum atomic E-state index is 12.6. The van der Waals surface area contributed by atoms with Gasteiger partial charge in [0.2, 0.25) is 0 Å². The summed E-state index contributed by atoms with van der Waals surface area (Å²) in [6.07, 6.45) is -8.42. The molecule has 0 saturated carbocycles. The molecular weight excluding hydrogens is 298 g/mol. The maximum absolute atomic E-state index is 12.6. The fourth-order valence-electron chi connectivity index (χ4n) is 1.81. The molecule has 0 aliphatic rings. The minimum Gasteiger partial charge on any atom is -0.236 e. The molecule has 2 rings (SSSR count). The van der Waals surface area contributed by atoms with Crippen LogP contribution in [0.1, 0.15) is 16.8 Å². The Morgan fingerprint density at radius 3 is 2.05 bits per heavy atom. The van der Waals surface area contributed by atoms with Crippen LogP contribution in [0, 0.1) is 6.92 Å². The van der Waals surface area contributed by atoms with Crippen molar-refractivity contribution in [2.75, 3.05) is 0 Å². The molecule has 0 spiro atoms. The van der Waals surface area contributed by atoms with E-state index in [-0.39, 0.29) is 16.8 Å². The Labute approximate surface area is 115 Å². The van der Waals surface area contributed by atoms with Crippen LogP contribution < -0.4 is 0 Å². The number of aromatic nitrogens is 2. The van der Waals surface area contributed by atoms with Crippen molar-refractivity contribution >= 4 is 0 Å². The molecule has 0 aliphatic carbocycles. The van der Waals surface area contributed by atoms with Crippen LogP contribution in [-0.2, 0) is 12.4 Å². The summed E-state index contributed by atoms with van der Waals surface area (Å²) in [7, 11) is 0. The lowest BCUT2D eigenvalue weighted by atomic mass is 10.0. The van der Waals surface area contributed by atoms with E-state index in [0.29, 0.717) is 6.07 Å². The van der Waals surface area contributed by atoms with E-state index in [4.69, 9.17) is 0 Å². The number of nitrogens with zero attached hydrogens (tertiary/aromatic N) is 2. The third-order valence-corrected chi connectivity index (χ3v) is 2.79. The van der Waals surface area contributed by atoms with Crippen LogP contribution in [-0.4, -0.2) is 9.97 Å². The molecule has 2 nitrogen and oxygen atoms in total. The lowest BCUT2D eigenvalue weighted by Gasteiger charge is -2.12. The predicted octanol–water partition coefficient (Wildman–Crippen LogP) is 4.49. The minimum atomic E-state index is -4.64. The largest absolute Gasteiger partial charge is 0.433 e. The summed E-state index contributed by atoms with van der Waals surface area (Å²) < 4.78 is 75.5. The van der Waals surface area contributed by atoms with Crippen LogP contribution in [0.5, 0.6) is 0 Å². The molecule has 0 fully saturated rings. The summed E-state index contributed by atoms with van der Waals surface area (Å²) in [5.41, 5.74) is -2.00. The van der Waals surface area contributed by atoms with Gasteiger partial charge in [0, 0.05) is 5.56 Å². The fourth-order valence-corrected chi connectivity index (χ4v) is 1.81. The Morgan fingerprint density at radius 2 is 1.52 bits per heavy atom. The number of rotatable bonds is 1. The highest BCUT2D eigenvalue weighted by Gasteiger charge is 2.34. The van der Waals surface area contributed by atoms with E-state index in [1.165, 1.54) is 6.92 Å². The monoisotopic (exact) mass is 306 g/mol. The van der Waals surface area contributed by atoms with Gasteiger partial charge in [0.15, 0.2) is 0 Å². The van der Waals surface area contributed by atoms with Crippen molar-refractivity contribution in [1.82, 2.24) is 9.97 Å². The molecule has 0 atom stereocenters. The molecule has 1 aromatic heterocycles. The maximum Gasteiger partial charge on any atom is 0.433 e. The van der Waals surface area contributed by atoms with Crippen LogP contribution in [0.3, 0.4) is 0 Å². The number of hydrogen-bond acceptors (Lipinski definition) is 2. The van der Waals surface area contributed by atoms with Crippen LogP contribution in [0.2, 0.25) is 0 Å². The molecule has 0 radical (unpaired) electrons. The second-order valence-electron chi connectivity index (χ2n) is 4.31. The molecule has 1 aromatic carbocycles. The van der Waals surface area contributed by atoms with E-state index < -0.39 is 23.6 Å². The van der Waals surface area contributed by atoms with Gasteiger partial charge in [-0.3, -0.25) is 0 Å². The van der Waals surface area contributed by atoms with Crippen molar-refractivity contribution in [3.63, 3.8) is 0 Å². The lowest BCUT2D eigenvalue weighted by Crippen LogP contribution is -2.09. The fraction of sp³-hybridized carbons (Fsp3) is 0.231. The smallest absolute Gasteiger partial charge is 0.236 e. The van der Waals surface area contributed by atoms with Gasteiger partial charge in [-0.25, -0.2) is 9.97 Å². The van der Waals surface area contributed by atoms with Gasteiger partial charge < -0.3 is 0 Å². The van der Waals surface area contributed by atoms with E-state index in [0.717, 1.165) is 24.5 Å². The third kappa shape index (κ3) is 3.32. The zero-order valence-electron chi connectivity index (χ0n) is 10.5. The van der Waals surface area contributed by atoms with Crippen LogP contribution in [0.15, 0.2) is 30.6 Å². The van der Waals surface area contributed by atoms with Crippen molar-refractivity contribution in [2.45, 2.75) is 19.3 Å². The Morgan fingerprint density at radius 1 is 0.857 bits per heavy atom.